The first kappa shape index (κ1) is 17.3. The van der Waals surface area contributed by atoms with Gasteiger partial charge in [-0.1, -0.05) is 19.1 Å². The minimum Gasteiger partial charge on any atom is -0.508 e. The first-order chi connectivity index (χ1) is 12.5. The molecule has 0 aliphatic rings. The van der Waals surface area contributed by atoms with E-state index < -0.39 is 11.7 Å². The second-order valence-corrected chi connectivity index (χ2v) is 5.64. The van der Waals surface area contributed by atoms with E-state index in [4.69, 9.17) is 0 Å². The number of hydrogen-bond donors (Lipinski definition) is 3. The number of aryl methyl sites for hydroxylation is 1. The zero-order valence-corrected chi connectivity index (χ0v) is 13.9. The molecule has 1 amide bonds. The maximum absolute atomic E-state index is 13.8. The standard InChI is InChI=1S/C19H16FN3O3/c1-2-12-9-17(25)23-18(21-12)11-4-3-5-13(8-11)22-19(26)15-7-6-14(24)10-16(15)20/h3-10,24H,2H2,1H3,(H,22,26)(H,21,23,25). The van der Waals surface area contributed by atoms with Crippen LogP contribution in [0.4, 0.5) is 10.1 Å². The van der Waals surface area contributed by atoms with Crippen LogP contribution < -0.4 is 10.9 Å². The number of carbonyl (C=O) groups excluding carboxylic acids is 1. The monoisotopic (exact) mass is 353 g/mol. The molecule has 0 saturated carbocycles. The van der Waals surface area contributed by atoms with Gasteiger partial charge in [0, 0.05) is 29.1 Å². The number of nitrogens with one attached hydrogen (secondary N) is 2. The highest BCUT2D eigenvalue weighted by atomic mass is 19.1. The van der Waals surface area contributed by atoms with E-state index in [9.17, 15) is 19.1 Å². The summed E-state index contributed by atoms with van der Waals surface area (Å²) in [5.41, 5.74) is 1.25. The predicted octanol–water partition coefficient (Wildman–Crippen LogP) is 3.10. The van der Waals surface area contributed by atoms with Crippen molar-refractivity contribution in [2.75, 3.05) is 5.32 Å². The number of nitrogens with zero attached hydrogens (tertiary/aromatic N) is 1. The van der Waals surface area contributed by atoms with E-state index in [1.807, 2.05) is 6.92 Å². The van der Waals surface area contributed by atoms with Crippen LogP contribution in [-0.4, -0.2) is 21.0 Å². The number of carbonyl (C=O) groups is 1. The third-order valence-electron chi connectivity index (χ3n) is 3.75. The summed E-state index contributed by atoms with van der Waals surface area (Å²) in [5.74, 6) is -1.34. The van der Waals surface area contributed by atoms with Gasteiger partial charge in [-0.25, -0.2) is 9.37 Å². The lowest BCUT2D eigenvalue weighted by Gasteiger charge is -2.09. The highest BCUT2D eigenvalue weighted by Gasteiger charge is 2.13. The van der Waals surface area contributed by atoms with Gasteiger partial charge in [-0.2, -0.15) is 0 Å². The van der Waals surface area contributed by atoms with Crippen LogP contribution in [0.5, 0.6) is 5.75 Å². The lowest BCUT2D eigenvalue weighted by molar-refractivity contribution is 0.102. The summed E-state index contributed by atoms with van der Waals surface area (Å²) in [7, 11) is 0. The van der Waals surface area contributed by atoms with Gasteiger partial charge in [0.1, 0.15) is 17.4 Å². The highest BCUT2D eigenvalue weighted by molar-refractivity contribution is 6.04. The van der Waals surface area contributed by atoms with Crippen LogP contribution in [0.3, 0.4) is 0 Å². The summed E-state index contributed by atoms with van der Waals surface area (Å²) < 4.78 is 13.8. The molecule has 0 saturated heterocycles. The number of H-pyrrole nitrogens is 1. The SMILES string of the molecule is CCc1cc(=O)[nH]c(-c2cccc(NC(=O)c3ccc(O)cc3F)c2)n1. The van der Waals surface area contributed by atoms with Crippen LogP contribution in [0.1, 0.15) is 23.0 Å². The van der Waals surface area contributed by atoms with Crippen molar-refractivity contribution in [1.82, 2.24) is 9.97 Å². The van der Waals surface area contributed by atoms with E-state index in [2.05, 4.69) is 15.3 Å². The summed E-state index contributed by atoms with van der Waals surface area (Å²) in [4.78, 5) is 31.0. The number of aromatic amines is 1. The lowest BCUT2D eigenvalue weighted by atomic mass is 10.1. The normalized spacial score (nSPS) is 10.5. The molecule has 3 rings (SSSR count). The molecular formula is C19H16FN3O3. The molecule has 0 spiro atoms. The van der Waals surface area contributed by atoms with Gasteiger partial charge in [0.25, 0.3) is 11.5 Å². The van der Waals surface area contributed by atoms with Crippen LogP contribution in [-0.2, 0) is 6.42 Å². The first-order valence-electron chi connectivity index (χ1n) is 7.97. The largest absolute Gasteiger partial charge is 0.508 e. The number of phenolic OH excluding ortho intramolecular Hbond substituents is 1. The van der Waals surface area contributed by atoms with Crippen molar-refractivity contribution in [2.45, 2.75) is 13.3 Å². The molecule has 0 atom stereocenters. The Morgan fingerprint density at radius 1 is 1.23 bits per heavy atom. The van der Waals surface area contributed by atoms with Crippen molar-refractivity contribution < 1.29 is 14.3 Å². The molecule has 0 fully saturated rings. The molecule has 1 heterocycles. The van der Waals surface area contributed by atoms with E-state index in [0.29, 0.717) is 29.2 Å². The maximum atomic E-state index is 13.8. The Hall–Kier alpha value is -3.48. The summed E-state index contributed by atoms with van der Waals surface area (Å²) in [6, 6.07) is 11.5. The van der Waals surface area contributed by atoms with Gasteiger partial charge < -0.3 is 15.4 Å². The van der Waals surface area contributed by atoms with Crippen LogP contribution in [0, 0.1) is 5.82 Å². The average Bonchev–Trinajstić information content (AvgIpc) is 2.61. The number of aromatic hydroxyl groups is 1. The topological polar surface area (TPSA) is 95.1 Å². The summed E-state index contributed by atoms with van der Waals surface area (Å²) in [6.45, 7) is 1.90. The Kier molecular flexibility index (Phi) is 4.79. The van der Waals surface area contributed by atoms with E-state index in [0.717, 1.165) is 6.07 Å². The predicted molar refractivity (Wildman–Crippen MR) is 95.7 cm³/mol. The molecule has 3 aromatic rings. The van der Waals surface area contributed by atoms with Crippen LogP contribution in [0.15, 0.2) is 53.3 Å². The van der Waals surface area contributed by atoms with Crippen molar-refractivity contribution in [2.24, 2.45) is 0 Å². The van der Waals surface area contributed by atoms with Crippen molar-refractivity contribution >= 4 is 11.6 Å². The molecule has 0 radical (unpaired) electrons. The Morgan fingerprint density at radius 2 is 2.04 bits per heavy atom. The fourth-order valence-electron chi connectivity index (χ4n) is 2.46. The number of rotatable bonds is 4. The molecule has 2 aromatic carbocycles. The van der Waals surface area contributed by atoms with Crippen LogP contribution in [0.25, 0.3) is 11.4 Å². The third kappa shape index (κ3) is 3.77. The second-order valence-electron chi connectivity index (χ2n) is 5.64. The van der Waals surface area contributed by atoms with Gasteiger partial charge in [-0.15, -0.1) is 0 Å². The molecule has 132 valence electrons. The Bertz CT molecular complexity index is 1030. The summed E-state index contributed by atoms with van der Waals surface area (Å²) >= 11 is 0. The van der Waals surface area contributed by atoms with E-state index in [1.54, 1.807) is 24.3 Å². The van der Waals surface area contributed by atoms with Crippen LogP contribution >= 0.6 is 0 Å². The lowest BCUT2D eigenvalue weighted by Crippen LogP contribution is -2.14. The van der Waals surface area contributed by atoms with E-state index >= 15 is 0 Å². The number of amides is 1. The molecule has 0 aliphatic carbocycles. The number of hydrogen-bond acceptors (Lipinski definition) is 4. The van der Waals surface area contributed by atoms with Crippen LogP contribution in [0.2, 0.25) is 0 Å². The van der Waals surface area contributed by atoms with Crippen molar-refractivity contribution in [3.05, 3.63) is 76.0 Å². The van der Waals surface area contributed by atoms with Crippen molar-refractivity contribution in [1.29, 1.82) is 0 Å². The van der Waals surface area contributed by atoms with Gasteiger partial charge in [0.15, 0.2) is 0 Å². The van der Waals surface area contributed by atoms with E-state index in [-0.39, 0.29) is 16.9 Å². The molecular weight excluding hydrogens is 337 g/mol. The first-order valence-corrected chi connectivity index (χ1v) is 7.97. The molecule has 0 unspecified atom stereocenters. The molecule has 3 N–H and O–H groups in total. The van der Waals surface area contributed by atoms with Gasteiger partial charge in [-0.05, 0) is 30.7 Å². The van der Waals surface area contributed by atoms with Gasteiger partial charge in [0.05, 0.1) is 5.56 Å². The molecule has 1 aromatic heterocycles. The van der Waals surface area contributed by atoms with E-state index in [1.165, 1.54) is 18.2 Å². The maximum Gasteiger partial charge on any atom is 0.258 e. The number of aromatic nitrogens is 2. The quantitative estimate of drug-likeness (QED) is 0.672. The zero-order chi connectivity index (χ0) is 18.7. The second kappa shape index (κ2) is 7.18. The summed E-state index contributed by atoms with van der Waals surface area (Å²) in [6.07, 6.45) is 0.619. The van der Waals surface area contributed by atoms with Crippen molar-refractivity contribution in [3.63, 3.8) is 0 Å². The number of benzene rings is 2. The summed E-state index contributed by atoms with van der Waals surface area (Å²) in [5, 5.41) is 11.8. The molecule has 0 bridgehead atoms. The fourth-order valence-corrected chi connectivity index (χ4v) is 2.46. The zero-order valence-electron chi connectivity index (χ0n) is 13.9. The Balaban J connectivity index is 1.89. The molecule has 7 heteroatoms. The molecule has 0 aliphatic heterocycles. The number of halogens is 1. The average molecular weight is 353 g/mol. The van der Waals surface area contributed by atoms with Gasteiger partial charge in [0.2, 0.25) is 0 Å². The Labute approximate surface area is 148 Å². The highest BCUT2D eigenvalue weighted by Crippen LogP contribution is 2.21. The van der Waals surface area contributed by atoms with Crippen molar-refractivity contribution in [3.8, 4) is 17.1 Å². The van der Waals surface area contributed by atoms with Gasteiger partial charge in [-0.3, -0.25) is 9.59 Å². The number of anilines is 1. The fraction of sp³-hybridized carbons (Fsp3) is 0.105. The Morgan fingerprint density at radius 3 is 2.77 bits per heavy atom. The smallest absolute Gasteiger partial charge is 0.258 e. The minimum atomic E-state index is -0.819. The number of phenols is 1. The van der Waals surface area contributed by atoms with Gasteiger partial charge >= 0.3 is 0 Å². The molecule has 6 nitrogen and oxygen atoms in total. The third-order valence-corrected chi connectivity index (χ3v) is 3.75. The molecule has 26 heavy (non-hydrogen) atoms. The minimum absolute atomic E-state index is 0.187.